The van der Waals surface area contributed by atoms with Gasteiger partial charge in [-0.15, -0.1) is 11.3 Å². The van der Waals surface area contributed by atoms with Crippen LogP contribution in [0.4, 0.5) is 0 Å². The summed E-state index contributed by atoms with van der Waals surface area (Å²) in [5.41, 5.74) is 6.49. The van der Waals surface area contributed by atoms with E-state index in [2.05, 4.69) is 97.1 Å². The molecule has 0 aliphatic rings. The van der Waals surface area contributed by atoms with E-state index in [0.29, 0.717) is 0 Å². The third-order valence-electron chi connectivity index (χ3n) is 6.50. The predicted molar refractivity (Wildman–Crippen MR) is 149 cm³/mol. The van der Waals surface area contributed by atoms with Gasteiger partial charge in [0.1, 0.15) is 0 Å². The van der Waals surface area contributed by atoms with Gasteiger partial charge in [0.05, 0.1) is 11.2 Å². The van der Waals surface area contributed by atoms with Crippen molar-refractivity contribution in [3.63, 3.8) is 0 Å². The summed E-state index contributed by atoms with van der Waals surface area (Å²) in [7, 11) is 0. The van der Waals surface area contributed by atoms with Crippen LogP contribution in [-0.4, -0.2) is 9.97 Å². The lowest BCUT2D eigenvalue weighted by Crippen LogP contribution is -1.95. The first kappa shape index (κ1) is 20.1. The molecule has 0 radical (unpaired) electrons. The molecule has 0 fully saturated rings. The SMILES string of the molecule is c1ccc(-c2ccc(-c3nc(-c4ccccc4)nc4c3ccc3sc5ccccc5c34)cc2)cc1. The van der Waals surface area contributed by atoms with Gasteiger partial charge in [0.15, 0.2) is 5.82 Å². The first-order chi connectivity index (χ1) is 17.3. The third kappa shape index (κ3) is 3.40. The van der Waals surface area contributed by atoms with Crippen molar-refractivity contribution in [3.05, 3.63) is 121 Å². The monoisotopic (exact) mass is 464 g/mol. The van der Waals surface area contributed by atoms with E-state index in [-0.39, 0.29) is 0 Å². The van der Waals surface area contributed by atoms with E-state index in [0.717, 1.165) is 33.5 Å². The standard InChI is InChI=1S/C32H20N2S/c1-3-9-21(10-4-1)22-15-17-23(18-16-22)30-26-19-20-28-29(25-13-7-8-14-27(25)35-28)31(26)34-32(33-30)24-11-5-2-6-12-24/h1-20H. The van der Waals surface area contributed by atoms with E-state index >= 15 is 0 Å². The van der Waals surface area contributed by atoms with E-state index in [9.17, 15) is 0 Å². The summed E-state index contributed by atoms with van der Waals surface area (Å²) in [5, 5.41) is 3.54. The zero-order chi connectivity index (χ0) is 23.2. The molecule has 0 aliphatic heterocycles. The van der Waals surface area contributed by atoms with Gasteiger partial charge >= 0.3 is 0 Å². The van der Waals surface area contributed by atoms with Crippen molar-refractivity contribution in [1.29, 1.82) is 0 Å². The van der Waals surface area contributed by atoms with Crippen LogP contribution >= 0.6 is 11.3 Å². The average Bonchev–Trinajstić information content (AvgIpc) is 3.33. The number of hydrogen-bond acceptors (Lipinski definition) is 3. The summed E-state index contributed by atoms with van der Waals surface area (Å²) in [6.07, 6.45) is 0. The molecule has 0 spiro atoms. The molecular weight excluding hydrogens is 444 g/mol. The van der Waals surface area contributed by atoms with Gasteiger partial charge < -0.3 is 0 Å². The van der Waals surface area contributed by atoms with Crippen LogP contribution < -0.4 is 0 Å². The highest BCUT2D eigenvalue weighted by Crippen LogP contribution is 2.40. The van der Waals surface area contributed by atoms with Gasteiger partial charge in [0.2, 0.25) is 0 Å². The van der Waals surface area contributed by atoms with Crippen molar-refractivity contribution < 1.29 is 0 Å². The van der Waals surface area contributed by atoms with Crippen molar-refractivity contribution >= 4 is 42.4 Å². The molecule has 164 valence electrons. The maximum atomic E-state index is 5.14. The molecule has 0 bridgehead atoms. The van der Waals surface area contributed by atoms with Crippen molar-refractivity contribution in [2.24, 2.45) is 0 Å². The molecule has 0 saturated heterocycles. The predicted octanol–water partition coefficient (Wildman–Crippen LogP) is 9.00. The number of hydrogen-bond donors (Lipinski definition) is 0. The quantitative estimate of drug-likeness (QED) is 0.261. The number of rotatable bonds is 3. The van der Waals surface area contributed by atoms with Gasteiger partial charge in [0, 0.05) is 36.7 Å². The number of fused-ring (bicyclic) bond motifs is 5. The molecule has 2 heterocycles. The molecule has 0 N–H and O–H groups in total. The fourth-order valence-electron chi connectivity index (χ4n) is 4.79. The van der Waals surface area contributed by atoms with Crippen LogP contribution in [0.2, 0.25) is 0 Å². The Balaban J connectivity index is 1.51. The van der Waals surface area contributed by atoms with Crippen molar-refractivity contribution in [2.75, 3.05) is 0 Å². The first-order valence-corrected chi connectivity index (χ1v) is 12.5. The van der Waals surface area contributed by atoms with Crippen molar-refractivity contribution in [1.82, 2.24) is 9.97 Å². The molecule has 0 aliphatic carbocycles. The van der Waals surface area contributed by atoms with Crippen LogP contribution in [0, 0.1) is 0 Å². The Morgan fingerprint density at radius 3 is 1.83 bits per heavy atom. The lowest BCUT2D eigenvalue weighted by atomic mass is 9.99. The molecule has 2 aromatic heterocycles. The minimum Gasteiger partial charge on any atom is -0.227 e. The number of thiophene rings is 1. The maximum absolute atomic E-state index is 5.14. The molecule has 35 heavy (non-hydrogen) atoms. The second-order valence-corrected chi connectivity index (χ2v) is 9.72. The number of nitrogens with zero attached hydrogens (tertiary/aromatic N) is 2. The zero-order valence-corrected chi connectivity index (χ0v) is 19.7. The molecule has 7 rings (SSSR count). The number of aromatic nitrogens is 2. The fourth-order valence-corrected chi connectivity index (χ4v) is 5.90. The molecule has 5 aromatic carbocycles. The fraction of sp³-hybridized carbons (Fsp3) is 0. The van der Waals surface area contributed by atoms with Gasteiger partial charge in [-0.25, -0.2) is 9.97 Å². The minimum absolute atomic E-state index is 0.753. The molecule has 0 saturated carbocycles. The second-order valence-electron chi connectivity index (χ2n) is 8.64. The van der Waals surface area contributed by atoms with Crippen molar-refractivity contribution in [3.8, 4) is 33.8 Å². The highest BCUT2D eigenvalue weighted by molar-refractivity contribution is 7.26. The van der Waals surface area contributed by atoms with E-state index in [1.807, 2.05) is 35.6 Å². The van der Waals surface area contributed by atoms with Crippen LogP contribution in [-0.2, 0) is 0 Å². The largest absolute Gasteiger partial charge is 0.227 e. The van der Waals surface area contributed by atoms with Gasteiger partial charge in [-0.1, -0.05) is 103 Å². The molecule has 3 heteroatoms. The maximum Gasteiger partial charge on any atom is 0.160 e. The topological polar surface area (TPSA) is 25.8 Å². The Kier molecular flexibility index (Phi) is 4.68. The Bertz CT molecular complexity index is 1820. The van der Waals surface area contributed by atoms with Crippen LogP contribution in [0.3, 0.4) is 0 Å². The van der Waals surface area contributed by atoms with Gasteiger partial charge in [-0.05, 0) is 29.3 Å². The molecule has 2 nitrogen and oxygen atoms in total. The van der Waals surface area contributed by atoms with Crippen LogP contribution in [0.1, 0.15) is 0 Å². The molecular formula is C32H20N2S. The van der Waals surface area contributed by atoms with E-state index in [4.69, 9.17) is 9.97 Å². The Labute approximate surface area is 207 Å². The second kappa shape index (κ2) is 8.15. The van der Waals surface area contributed by atoms with E-state index in [1.54, 1.807) is 0 Å². The highest BCUT2D eigenvalue weighted by Gasteiger charge is 2.16. The Morgan fingerprint density at radius 2 is 1.06 bits per heavy atom. The minimum atomic E-state index is 0.753. The van der Waals surface area contributed by atoms with E-state index < -0.39 is 0 Å². The summed E-state index contributed by atoms with van der Waals surface area (Å²) in [6, 6.07) is 42.4. The zero-order valence-electron chi connectivity index (χ0n) is 18.8. The van der Waals surface area contributed by atoms with Crippen LogP contribution in [0.25, 0.3) is 64.8 Å². The van der Waals surface area contributed by atoms with Crippen LogP contribution in [0.15, 0.2) is 121 Å². The summed E-state index contributed by atoms with van der Waals surface area (Å²) >= 11 is 1.82. The highest BCUT2D eigenvalue weighted by atomic mass is 32.1. The number of benzene rings is 5. The molecule has 7 aromatic rings. The van der Waals surface area contributed by atoms with E-state index in [1.165, 1.54) is 31.3 Å². The third-order valence-corrected chi connectivity index (χ3v) is 7.64. The van der Waals surface area contributed by atoms with Gasteiger partial charge in [-0.3, -0.25) is 0 Å². The summed E-state index contributed by atoms with van der Waals surface area (Å²) < 4.78 is 2.53. The normalized spacial score (nSPS) is 11.4. The molecule has 0 atom stereocenters. The van der Waals surface area contributed by atoms with Crippen molar-refractivity contribution in [2.45, 2.75) is 0 Å². The Hall–Kier alpha value is -4.34. The van der Waals surface area contributed by atoms with Gasteiger partial charge in [-0.2, -0.15) is 0 Å². The first-order valence-electron chi connectivity index (χ1n) is 11.7. The summed E-state index contributed by atoms with van der Waals surface area (Å²) in [5.74, 6) is 0.753. The van der Waals surface area contributed by atoms with Crippen LogP contribution in [0.5, 0.6) is 0 Å². The summed E-state index contributed by atoms with van der Waals surface area (Å²) in [6.45, 7) is 0. The molecule has 0 unspecified atom stereocenters. The Morgan fingerprint density at radius 1 is 0.429 bits per heavy atom. The van der Waals surface area contributed by atoms with Gasteiger partial charge in [0.25, 0.3) is 0 Å². The lowest BCUT2D eigenvalue weighted by molar-refractivity contribution is 1.23. The summed E-state index contributed by atoms with van der Waals surface area (Å²) in [4.78, 5) is 10.3. The molecule has 0 amide bonds. The smallest absolute Gasteiger partial charge is 0.160 e. The average molecular weight is 465 g/mol. The lowest BCUT2D eigenvalue weighted by Gasteiger charge is -2.11.